The first-order chi connectivity index (χ1) is 9.61. The minimum absolute atomic E-state index is 0.251. The van der Waals surface area contributed by atoms with E-state index in [0.29, 0.717) is 5.92 Å². The van der Waals surface area contributed by atoms with Gasteiger partial charge in [0.2, 0.25) is 0 Å². The number of anilines is 2. The van der Waals surface area contributed by atoms with Crippen molar-refractivity contribution in [3.05, 3.63) is 30.6 Å². The monoisotopic (exact) mass is 274 g/mol. The van der Waals surface area contributed by atoms with Crippen molar-refractivity contribution in [3.63, 3.8) is 0 Å². The second-order valence-corrected chi connectivity index (χ2v) is 5.19. The molecule has 0 amide bonds. The van der Waals surface area contributed by atoms with Gasteiger partial charge >= 0.3 is 0 Å². The molecule has 108 valence electrons. The number of rotatable bonds is 6. The van der Waals surface area contributed by atoms with Crippen LogP contribution in [0.5, 0.6) is 0 Å². The highest BCUT2D eigenvalue weighted by Crippen LogP contribution is 2.28. The SMILES string of the molecule is CNc1ncnc(NC(C)Cn2ccnc2)c1C(C)C. The van der Waals surface area contributed by atoms with E-state index in [1.807, 2.05) is 24.1 Å². The summed E-state index contributed by atoms with van der Waals surface area (Å²) in [5.74, 6) is 2.13. The van der Waals surface area contributed by atoms with Gasteiger partial charge in [0.15, 0.2) is 0 Å². The molecule has 0 saturated heterocycles. The van der Waals surface area contributed by atoms with E-state index in [1.54, 1.807) is 12.5 Å². The molecule has 2 aromatic heterocycles. The topological polar surface area (TPSA) is 67.7 Å². The van der Waals surface area contributed by atoms with Gasteiger partial charge in [-0.15, -0.1) is 0 Å². The summed E-state index contributed by atoms with van der Waals surface area (Å²) < 4.78 is 2.05. The third-order valence-electron chi connectivity index (χ3n) is 3.13. The summed E-state index contributed by atoms with van der Waals surface area (Å²) in [6.07, 6.45) is 7.15. The molecule has 2 N–H and O–H groups in total. The van der Waals surface area contributed by atoms with Gasteiger partial charge in [0.1, 0.15) is 18.0 Å². The maximum Gasteiger partial charge on any atom is 0.135 e. The molecular formula is C14H22N6. The lowest BCUT2D eigenvalue weighted by molar-refractivity contribution is 0.615. The third-order valence-corrected chi connectivity index (χ3v) is 3.13. The largest absolute Gasteiger partial charge is 0.373 e. The Morgan fingerprint density at radius 1 is 1.20 bits per heavy atom. The summed E-state index contributed by atoms with van der Waals surface area (Å²) >= 11 is 0. The van der Waals surface area contributed by atoms with Crippen LogP contribution in [0.25, 0.3) is 0 Å². The fourth-order valence-corrected chi connectivity index (χ4v) is 2.25. The van der Waals surface area contributed by atoms with Crippen molar-refractivity contribution < 1.29 is 0 Å². The average molecular weight is 274 g/mol. The van der Waals surface area contributed by atoms with E-state index in [9.17, 15) is 0 Å². The predicted molar refractivity (Wildman–Crippen MR) is 81.0 cm³/mol. The van der Waals surface area contributed by atoms with Crippen molar-refractivity contribution in [1.82, 2.24) is 19.5 Å². The molecule has 2 aromatic rings. The van der Waals surface area contributed by atoms with Crippen LogP contribution >= 0.6 is 0 Å². The van der Waals surface area contributed by atoms with E-state index in [-0.39, 0.29) is 6.04 Å². The number of nitrogens with zero attached hydrogens (tertiary/aromatic N) is 4. The lowest BCUT2D eigenvalue weighted by Gasteiger charge is -2.20. The van der Waals surface area contributed by atoms with E-state index < -0.39 is 0 Å². The van der Waals surface area contributed by atoms with Gasteiger partial charge in [-0.3, -0.25) is 0 Å². The fourth-order valence-electron chi connectivity index (χ4n) is 2.25. The van der Waals surface area contributed by atoms with Crippen molar-refractivity contribution in [2.45, 2.75) is 39.3 Å². The zero-order valence-electron chi connectivity index (χ0n) is 12.5. The van der Waals surface area contributed by atoms with Gasteiger partial charge in [0.25, 0.3) is 0 Å². The molecule has 1 atom stereocenters. The van der Waals surface area contributed by atoms with Crippen LogP contribution in [0.15, 0.2) is 25.0 Å². The highest BCUT2D eigenvalue weighted by molar-refractivity contribution is 5.59. The highest BCUT2D eigenvalue weighted by atomic mass is 15.1. The number of aromatic nitrogens is 4. The van der Waals surface area contributed by atoms with Gasteiger partial charge in [-0.05, 0) is 12.8 Å². The molecule has 2 heterocycles. The Morgan fingerprint density at radius 2 is 1.95 bits per heavy atom. The maximum atomic E-state index is 4.39. The predicted octanol–water partition coefficient (Wildman–Crippen LogP) is 2.34. The van der Waals surface area contributed by atoms with Crippen molar-refractivity contribution in [2.24, 2.45) is 0 Å². The number of imidazole rings is 1. The van der Waals surface area contributed by atoms with E-state index >= 15 is 0 Å². The molecule has 0 fully saturated rings. The van der Waals surface area contributed by atoms with Crippen LogP contribution in [0.4, 0.5) is 11.6 Å². The molecule has 2 rings (SSSR count). The number of nitrogens with one attached hydrogen (secondary N) is 2. The molecule has 0 bridgehead atoms. The minimum Gasteiger partial charge on any atom is -0.373 e. The fraction of sp³-hybridized carbons (Fsp3) is 0.500. The Morgan fingerprint density at radius 3 is 2.55 bits per heavy atom. The van der Waals surface area contributed by atoms with Crippen molar-refractivity contribution in [3.8, 4) is 0 Å². The van der Waals surface area contributed by atoms with Gasteiger partial charge in [0.05, 0.1) is 6.33 Å². The molecule has 0 aliphatic heterocycles. The van der Waals surface area contributed by atoms with E-state index in [4.69, 9.17) is 0 Å². The van der Waals surface area contributed by atoms with Crippen LogP contribution in [-0.2, 0) is 6.54 Å². The van der Waals surface area contributed by atoms with Gasteiger partial charge in [-0.25, -0.2) is 15.0 Å². The van der Waals surface area contributed by atoms with E-state index in [1.165, 1.54) is 0 Å². The van der Waals surface area contributed by atoms with Gasteiger partial charge in [-0.2, -0.15) is 0 Å². The minimum atomic E-state index is 0.251. The normalized spacial score (nSPS) is 12.4. The lowest BCUT2D eigenvalue weighted by atomic mass is 10.0. The van der Waals surface area contributed by atoms with Gasteiger partial charge in [-0.1, -0.05) is 13.8 Å². The highest BCUT2D eigenvalue weighted by Gasteiger charge is 2.15. The molecule has 6 nitrogen and oxygen atoms in total. The van der Waals surface area contributed by atoms with Crippen LogP contribution in [0.3, 0.4) is 0 Å². The average Bonchev–Trinajstić information content (AvgIpc) is 2.90. The van der Waals surface area contributed by atoms with E-state index in [2.05, 4.69) is 46.4 Å². The first-order valence-corrected chi connectivity index (χ1v) is 6.86. The maximum absolute atomic E-state index is 4.39. The van der Waals surface area contributed by atoms with Crippen molar-refractivity contribution in [2.75, 3.05) is 17.7 Å². The van der Waals surface area contributed by atoms with Crippen molar-refractivity contribution >= 4 is 11.6 Å². The van der Waals surface area contributed by atoms with Crippen LogP contribution < -0.4 is 10.6 Å². The molecule has 0 aromatic carbocycles. The number of hydrogen-bond acceptors (Lipinski definition) is 5. The molecule has 0 spiro atoms. The summed E-state index contributed by atoms with van der Waals surface area (Å²) in [6, 6.07) is 0.251. The van der Waals surface area contributed by atoms with Crippen molar-refractivity contribution in [1.29, 1.82) is 0 Å². The van der Waals surface area contributed by atoms with Crippen LogP contribution in [-0.4, -0.2) is 32.6 Å². The molecular weight excluding hydrogens is 252 g/mol. The molecule has 0 aliphatic carbocycles. The molecule has 6 heteroatoms. The Balaban J connectivity index is 2.16. The summed E-state index contributed by atoms with van der Waals surface area (Å²) in [5, 5.41) is 6.59. The first kappa shape index (κ1) is 14.3. The zero-order valence-corrected chi connectivity index (χ0v) is 12.5. The first-order valence-electron chi connectivity index (χ1n) is 6.86. The van der Waals surface area contributed by atoms with Crippen LogP contribution in [0, 0.1) is 0 Å². The molecule has 0 saturated carbocycles. The second-order valence-electron chi connectivity index (χ2n) is 5.19. The zero-order chi connectivity index (χ0) is 14.5. The molecule has 1 unspecified atom stereocenters. The molecule has 0 aliphatic rings. The summed E-state index contributed by atoms with van der Waals surface area (Å²) in [7, 11) is 1.88. The van der Waals surface area contributed by atoms with Crippen LogP contribution in [0.2, 0.25) is 0 Å². The third kappa shape index (κ3) is 3.26. The summed E-state index contributed by atoms with van der Waals surface area (Å²) in [5.41, 5.74) is 1.12. The quantitative estimate of drug-likeness (QED) is 0.846. The summed E-state index contributed by atoms with van der Waals surface area (Å²) in [4.78, 5) is 12.7. The standard InChI is InChI=1S/C14H22N6/c1-10(2)12-13(15-4)17-8-18-14(12)19-11(3)7-20-6-5-16-9-20/h5-6,8-11H,7H2,1-4H3,(H2,15,17,18,19). The van der Waals surface area contributed by atoms with E-state index in [0.717, 1.165) is 23.7 Å². The second kappa shape index (κ2) is 6.36. The Bertz CT molecular complexity index is 535. The smallest absolute Gasteiger partial charge is 0.135 e. The lowest BCUT2D eigenvalue weighted by Crippen LogP contribution is -2.23. The molecule has 0 radical (unpaired) electrons. The molecule has 20 heavy (non-hydrogen) atoms. The van der Waals surface area contributed by atoms with Crippen LogP contribution in [0.1, 0.15) is 32.3 Å². The Labute approximate surface area is 119 Å². The Hall–Kier alpha value is -2.11. The Kier molecular flexibility index (Phi) is 4.55. The summed E-state index contributed by atoms with van der Waals surface area (Å²) in [6.45, 7) is 7.26. The number of hydrogen-bond donors (Lipinski definition) is 2. The van der Waals surface area contributed by atoms with Gasteiger partial charge < -0.3 is 15.2 Å². The van der Waals surface area contributed by atoms with Gasteiger partial charge in [0, 0.05) is 37.6 Å².